The third-order valence-corrected chi connectivity index (χ3v) is 3.25. The van der Waals surface area contributed by atoms with Gasteiger partial charge in [-0.1, -0.05) is 26.2 Å². The minimum absolute atomic E-state index is 0.0214. The van der Waals surface area contributed by atoms with E-state index in [0.717, 1.165) is 44.9 Å². The molecule has 0 aromatic carbocycles. The third kappa shape index (κ3) is 3.80. The van der Waals surface area contributed by atoms with Crippen molar-refractivity contribution in [3.63, 3.8) is 0 Å². The smallest absolute Gasteiger partial charge is 0.278 e. The first-order chi connectivity index (χ1) is 7.72. The number of amides is 1. The van der Waals surface area contributed by atoms with Crippen LogP contribution >= 0.6 is 0 Å². The molecule has 1 rings (SSSR count). The van der Waals surface area contributed by atoms with Crippen LogP contribution in [-0.4, -0.2) is 11.6 Å². The van der Waals surface area contributed by atoms with Gasteiger partial charge in [-0.05, 0) is 19.3 Å². The third-order valence-electron chi connectivity index (χ3n) is 3.25. The molecule has 16 heavy (non-hydrogen) atoms. The molecule has 0 atom stereocenters. The summed E-state index contributed by atoms with van der Waals surface area (Å²) in [6.07, 6.45) is 8.42. The van der Waals surface area contributed by atoms with E-state index in [-0.39, 0.29) is 5.91 Å². The fourth-order valence-corrected chi connectivity index (χ4v) is 2.24. The molecule has 0 aromatic heterocycles. The van der Waals surface area contributed by atoms with Gasteiger partial charge in [0.05, 0.1) is 12.8 Å². The number of carbonyl (C=O) groups excluding carboxylic acids is 1. The first-order valence-electron chi connectivity index (χ1n) is 6.40. The van der Waals surface area contributed by atoms with E-state index in [2.05, 4.69) is 17.2 Å². The number of hydrogen-bond acceptors (Lipinski definition) is 2. The Morgan fingerprint density at radius 2 is 2.00 bits per heavy atom. The highest BCUT2D eigenvalue weighted by Crippen LogP contribution is 2.29. The van der Waals surface area contributed by atoms with Gasteiger partial charge in [0.25, 0.3) is 0 Å². The summed E-state index contributed by atoms with van der Waals surface area (Å²) in [5.41, 5.74) is -0.679. The van der Waals surface area contributed by atoms with Crippen LogP contribution in [-0.2, 0) is 4.79 Å². The standard InChI is InChI=1S/C12H21N3O/c1-2-3-5-8-11(16)14-12(15-13)9-6-4-7-10-12/h2-10H2,1H3/p+1. The second kappa shape index (κ2) is 6.47. The molecule has 0 aromatic rings. The maximum Gasteiger partial charge on any atom is 0.398 e. The van der Waals surface area contributed by atoms with Crippen LogP contribution < -0.4 is 5.32 Å². The zero-order chi connectivity index (χ0) is 11.9. The molecule has 0 heterocycles. The Balaban J connectivity index is 2.37. The molecule has 1 N–H and O–H groups in total. The van der Waals surface area contributed by atoms with Crippen molar-refractivity contribution in [2.45, 2.75) is 70.4 Å². The van der Waals surface area contributed by atoms with Gasteiger partial charge >= 0.3 is 5.66 Å². The minimum atomic E-state index is -0.679. The van der Waals surface area contributed by atoms with E-state index in [1.165, 1.54) is 6.42 Å². The van der Waals surface area contributed by atoms with E-state index in [0.29, 0.717) is 6.42 Å². The van der Waals surface area contributed by atoms with E-state index in [4.69, 9.17) is 5.39 Å². The molecule has 4 heteroatoms. The van der Waals surface area contributed by atoms with Crippen LogP contribution in [0.5, 0.6) is 0 Å². The van der Waals surface area contributed by atoms with Gasteiger partial charge in [-0.3, -0.25) is 10.1 Å². The lowest BCUT2D eigenvalue weighted by molar-refractivity contribution is -0.123. The van der Waals surface area contributed by atoms with Gasteiger partial charge in [-0.2, -0.15) is 0 Å². The van der Waals surface area contributed by atoms with Gasteiger partial charge < -0.3 is 0 Å². The summed E-state index contributed by atoms with van der Waals surface area (Å²) < 4.78 is 0. The number of unbranched alkanes of at least 4 members (excludes halogenated alkanes) is 2. The number of diazo groups is 1. The Kier molecular flexibility index (Phi) is 5.24. The lowest BCUT2D eigenvalue weighted by Crippen LogP contribution is -2.47. The van der Waals surface area contributed by atoms with Crippen LogP contribution in [0, 0.1) is 5.39 Å². The Labute approximate surface area is 97.4 Å². The van der Waals surface area contributed by atoms with Crippen molar-refractivity contribution in [3.8, 4) is 0 Å². The molecule has 0 saturated heterocycles. The fourth-order valence-electron chi connectivity index (χ4n) is 2.24. The van der Waals surface area contributed by atoms with Crippen molar-refractivity contribution in [1.82, 2.24) is 5.32 Å². The van der Waals surface area contributed by atoms with Crippen LogP contribution in [0.3, 0.4) is 0 Å². The second-order valence-electron chi connectivity index (χ2n) is 4.70. The zero-order valence-corrected chi connectivity index (χ0v) is 10.2. The molecule has 4 nitrogen and oxygen atoms in total. The van der Waals surface area contributed by atoms with Gasteiger partial charge in [0.15, 0.2) is 0 Å². The summed E-state index contributed by atoms with van der Waals surface area (Å²) in [6, 6.07) is 0. The largest absolute Gasteiger partial charge is 0.398 e. The van der Waals surface area contributed by atoms with Gasteiger partial charge in [0.1, 0.15) is 4.98 Å². The highest BCUT2D eigenvalue weighted by Gasteiger charge is 2.46. The van der Waals surface area contributed by atoms with E-state index < -0.39 is 5.66 Å². The highest BCUT2D eigenvalue weighted by atomic mass is 16.1. The monoisotopic (exact) mass is 224 g/mol. The SMILES string of the molecule is CCCCCC(=O)NC1([N+]#N)CCCCC1. The van der Waals surface area contributed by atoms with Gasteiger partial charge in [0, 0.05) is 6.42 Å². The minimum Gasteiger partial charge on any atom is -0.278 e. The summed E-state index contributed by atoms with van der Waals surface area (Å²) >= 11 is 0. The summed E-state index contributed by atoms with van der Waals surface area (Å²) in [4.78, 5) is 15.1. The number of carbonyl (C=O) groups is 1. The summed E-state index contributed by atoms with van der Waals surface area (Å²) in [6.45, 7) is 2.11. The topological polar surface area (TPSA) is 57.2 Å². The quantitative estimate of drug-likeness (QED) is 0.576. The second-order valence-corrected chi connectivity index (χ2v) is 4.70. The predicted octanol–water partition coefficient (Wildman–Crippen LogP) is 3.20. The van der Waals surface area contributed by atoms with Crippen molar-refractivity contribution in [1.29, 1.82) is 5.39 Å². The van der Waals surface area contributed by atoms with Gasteiger partial charge in [0.2, 0.25) is 11.3 Å². The van der Waals surface area contributed by atoms with E-state index >= 15 is 0 Å². The Morgan fingerprint density at radius 3 is 2.56 bits per heavy atom. The van der Waals surface area contributed by atoms with Crippen LogP contribution in [0.1, 0.15) is 64.7 Å². The molecule has 0 unspecified atom stereocenters. The van der Waals surface area contributed by atoms with Crippen LogP contribution in [0.15, 0.2) is 0 Å². The van der Waals surface area contributed by atoms with Gasteiger partial charge in [-0.25, -0.2) is 0 Å². The number of nitrogens with zero attached hydrogens (tertiary/aromatic N) is 2. The molecule has 1 aliphatic carbocycles. The van der Waals surface area contributed by atoms with E-state index in [1.807, 2.05) is 0 Å². The molecule has 90 valence electrons. The van der Waals surface area contributed by atoms with Crippen molar-refractivity contribution in [2.75, 3.05) is 0 Å². The molecule has 0 aliphatic heterocycles. The lowest BCUT2D eigenvalue weighted by atomic mass is 9.89. The number of rotatable bonds is 5. The average molecular weight is 224 g/mol. The first kappa shape index (κ1) is 13.0. The summed E-state index contributed by atoms with van der Waals surface area (Å²) in [5, 5.41) is 12.0. The fraction of sp³-hybridized carbons (Fsp3) is 0.917. The Hall–Kier alpha value is -1.11. The molecule has 0 bridgehead atoms. The Bertz CT molecular complexity index is 264. The normalized spacial score (nSPS) is 18.8. The first-order valence-corrected chi connectivity index (χ1v) is 6.40. The van der Waals surface area contributed by atoms with Gasteiger partial charge in [-0.15, -0.1) is 0 Å². The van der Waals surface area contributed by atoms with Crippen molar-refractivity contribution in [2.24, 2.45) is 0 Å². The van der Waals surface area contributed by atoms with Crippen molar-refractivity contribution >= 4 is 5.91 Å². The van der Waals surface area contributed by atoms with Crippen LogP contribution in [0.25, 0.3) is 4.98 Å². The van der Waals surface area contributed by atoms with E-state index in [9.17, 15) is 4.79 Å². The molecule has 1 saturated carbocycles. The predicted molar refractivity (Wildman–Crippen MR) is 63.2 cm³/mol. The molecule has 0 spiro atoms. The maximum atomic E-state index is 11.7. The number of hydrogen-bond donors (Lipinski definition) is 1. The van der Waals surface area contributed by atoms with Crippen molar-refractivity contribution < 1.29 is 4.79 Å². The van der Waals surface area contributed by atoms with E-state index in [1.54, 1.807) is 0 Å². The molecule has 1 amide bonds. The van der Waals surface area contributed by atoms with Crippen molar-refractivity contribution in [3.05, 3.63) is 4.98 Å². The number of nitrogens with one attached hydrogen (secondary N) is 1. The zero-order valence-electron chi connectivity index (χ0n) is 10.2. The maximum absolute atomic E-state index is 11.7. The summed E-state index contributed by atoms with van der Waals surface area (Å²) in [5.74, 6) is 0.0214. The molecule has 1 fully saturated rings. The molecule has 0 radical (unpaired) electrons. The van der Waals surface area contributed by atoms with Crippen LogP contribution in [0.4, 0.5) is 0 Å². The average Bonchev–Trinajstić information content (AvgIpc) is 2.30. The summed E-state index contributed by atoms with van der Waals surface area (Å²) in [7, 11) is 0. The highest BCUT2D eigenvalue weighted by molar-refractivity contribution is 5.76. The van der Waals surface area contributed by atoms with Crippen LogP contribution in [0.2, 0.25) is 0 Å². The molecular weight excluding hydrogens is 202 g/mol. The molecule has 1 aliphatic rings. The lowest BCUT2D eigenvalue weighted by Gasteiger charge is -2.21. The molecular formula is C12H22N3O+. The Morgan fingerprint density at radius 1 is 1.31 bits per heavy atom.